The quantitative estimate of drug-likeness (QED) is 0.491. The molecule has 0 spiro atoms. The maximum absolute atomic E-state index is 14.5. The number of anilines is 2. The molecule has 5 rings (SSSR count). The number of methoxy groups -OCH3 is 1. The van der Waals surface area contributed by atoms with Crippen LogP contribution in [0.3, 0.4) is 0 Å². The van der Waals surface area contributed by atoms with E-state index in [1.807, 2.05) is 12.1 Å². The fourth-order valence-corrected chi connectivity index (χ4v) is 5.63. The fourth-order valence-electron chi connectivity index (χ4n) is 4.88. The van der Waals surface area contributed by atoms with Crippen LogP contribution in [0.15, 0.2) is 41.4 Å². The number of benzene rings is 1. The third kappa shape index (κ3) is 4.55. The van der Waals surface area contributed by atoms with Crippen molar-refractivity contribution in [1.29, 1.82) is 0 Å². The van der Waals surface area contributed by atoms with Crippen molar-refractivity contribution < 1.29 is 18.7 Å². The van der Waals surface area contributed by atoms with Crippen LogP contribution in [0.2, 0.25) is 0 Å². The topological polar surface area (TPSA) is 119 Å². The average molecular weight is 496 g/mol. The standard InChI is InChI=1S/C25H26FN5O3S/c1-34-16-11-17-19(7-9-28-22(17)18(26)12-16)30-24(33)25(27)8-3-2-4-14(25)10-15-5-6-20-23(29-15)31-21(32)13-35-20/h5-7,9,11-12,14H,2-4,8,10,13,27H2,1H3,(H,28,30,33)(H,29,31,32)/t14?,25-/m1/s1. The predicted molar refractivity (Wildman–Crippen MR) is 133 cm³/mol. The van der Waals surface area contributed by atoms with Gasteiger partial charge in [0.05, 0.1) is 29.0 Å². The molecular formula is C25H26FN5O3S. The second-order valence-corrected chi connectivity index (χ2v) is 10.0. The van der Waals surface area contributed by atoms with Crippen molar-refractivity contribution in [2.45, 2.75) is 42.5 Å². The highest BCUT2D eigenvalue weighted by Gasteiger charge is 2.44. The Hall–Kier alpha value is -3.24. The van der Waals surface area contributed by atoms with E-state index < -0.39 is 11.4 Å². The number of carbonyl (C=O) groups is 2. The highest BCUT2D eigenvalue weighted by molar-refractivity contribution is 8.00. The highest BCUT2D eigenvalue weighted by Crippen LogP contribution is 2.37. The molecule has 3 heterocycles. The van der Waals surface area contributed by atoms with Gasteiger partial charge in [0.1, 0.15) is 17.1 Å². The molecule has 1 aliphatic carbocycles. The molecule has 182 valence electrons. The van der Waals surface area contributed by atoms with Crippen LogP contribution >= 0.6 is 11.8 Å². The van der Waals surface area contributed by atoms with Gasteiger partial charge in [-0.1, -0.05) is 12.8 Å². The van der Waals surface area contributed by atoms with Gasteiger partial charge < -0.3 is 21.1 Å². The molecular weight excluding hydrogens is 469 g/mol. The van der Waals surface area contributed by atoms with Crippen molar-refractivity contribution >= 4 is 46.0 Å². The normalized spacial score (nSPS) is 21.8. The van der Waals surface area contributed by atoms with Crippen LogP contribution in [0, 0.1) is 11.7 Å². The molecule has 3 aromatic rings. The van der Waals surface area contributed by atoms with Crippen molar-refractivity contribution in [2.75, 3.05) is 23.5 Å². The van der Waals surface area contributed by atoms with E-state index in [4.69, 9.17) is 10.5 Å². The zero-order chi connectivity index (χ0) is 24.6. The first kappa shape index (κ1) is 23.5. The molecule has 0 radical (unpaired) electrons. The number of halogens is 1. The number of thioether (sulfide) groups is 1. The van der Waals surface area contributed by atoms with Crippen molar-refractivity contribution in [2.24, 2.45) is 11.7 Å². The fraction of sp³-hybridized carbons (Fsp3) is 0.360. The van der Waals surface area contributed by atoms with Gasteiger partial charge in [0.15, 0.2) is 5.82 Å². The van der Waals surface area contributed by atoms with Crippen LogP contribution < -0.4 is 21.1 Å². The predicted octanol–water partition coefficient (Wildman–Crippen LogP) is 3.89. The number of ether oxygens (including phenoxy) is 1. The number of rotatable bonds is 5. The number of pyridine rings is 2. The van der Waals surface area contributed by atoms with Crippen molar-refractivity contribution in [3.05, 3.63) is 48.0 Å². The molecule has 1 saturated carbocycles. The lowest BCUT2D eigenvalue weighted by atomic mass is 9.70. The second-order valence-electron chi connectivity index (χ2n) is 8.99. The molecule has 2 atom stereocenters. The smallest absolute Gasteiger partial charge is 0.244 e. The number of nitrogens with two attached hydrogens (primary N) is 1. The molecule has 1 fully saturated rings. The monoisotopic (exact) mass is 495 g/mol. The Morgan fingerprint density at radius 2 is 2.20 bits per heavy atom. The van der Waals surface area contributed by atoms with Crippen LogP contribution in [0.4, 0.5) is 15.9 Å². The summed E-state index contributed by atoms with van der Waals surface area (Å²) in [6.07, 6.45) is 5.08. The summed E-state index contributed by atoms with van der Waals surface area (Å²) in [6, 6.07) is 8.42. The summed E-state index contributed by atoms with van der Waals surface area (Å²) in [4.78, 5) is 35.0. The minimum absolute atomic E-state index is 0.0741. The maximum Gasteiger partial charge on any atom is 0.244 e. The zero-order valence-corrected chi connectivity index (χ0v) is 20.1. The van der Waals surface area contributed by atoms with Crippen molar-refractivity contribution in [1.82, 2.24) is 9.97 Å². The first-order chi connectivity index (χ1) is 16.9. The molecule has 1 aromatic carbocycles. The number of nitrogens with zero attached hydrogens (tertiary/aromatic N) is 2. The first-order valence-electron chi connectivity index (χ1n) is 11.5. The summed E-state index contributed by atoms with van der Waals surface area (Å²) >= 11 is 1.46. The zero-order valence-electron chi connectivity index (χ0n) is 19.3. The summed E-state index contributed by atoms with van der Waals surface area (Å²) in [5.41, 5.74) is 7.04. The van der Waals surface area contributed by atoms with Gasteiger partial charge in [-0.05, 0) is 49.4 Å². The maximum atomic E-state index is 14.5. The van der Waals surface area contributed by atoms with Gasteiger partial charge in [0.25, 0.3) is 0 Å². The molecule has 2 aromatic heterocycles. The van der Waals surface area contributed by atoms with E-state index in [0.29, 0.717) is 41.2 Å². The molecule has 10 heteroatoms. The summed E-state index contributed by atoms with van der Waals surface area (Å²) in [5, 5.41) is 6.20. The van der Waals surface area contributed by atoms with Crippen LogP contribution in [-0.2, 0) is 16.0 Å². The Labute approximate surface area is 206 Å². The van der Waals surface area contributed by atoms with Crippen LogP contribution in [0.5, 0.6) is 5.75 Å². The summed E-state index contributed by atoms with van der Waals surface area (Å²) < 4.78 is 19.7. The lowest BCUT2D eigenvalue weighted by Crippen LogP contribution is -2.58. The molecule has 2 amide bonds. The van der Waals surface area contributed by atoms with Gasteiger partial charge in [-0.2, -0.15) is 0 Å². The largest absolute Gasteiger partial charge is 0.497 e. The van der Waals surface area contributed by atoms with E-state index in [0.717, 1.165) is 29.9 Å². The number of amides is 2. The number of hydrogen-bond donors (Lipinski definition) is 3. The third-order valence-corrected chi connectivity index (χ3v) is 7.84. The van der Waals surface area contributed by atoms with E-state index in [2.05, 4.69) is 20.6 Å². The van der Waals surface area contributed by atoms with E-state index >= 15 is 0 Å². The molecule has 4 N–H and O–H groups in total. The highest BCUT2D eigenvalue weighted by atomic mass is 32.2. The number of fused-ring (bicyclic) bond motifs is 2. The van der Waals surface area contributed by atoms with Crippen LogP contribution in [0.25, 0.3) is 10.9 Å². The van der Waals surface area contributed by atoms with Gasteiger partial charge in [0, 0.05) is 23.3 Å². The number of aromatic nitrogens is 2. The van der Waals surface area contributed by atoms with Gasteiger partial charge >= 0.3 is 0 Å². The van der Waals surface area contributed by atoms with Gasteiger partial charge in [-0.3, -0.25) is 14.6 Å². The summed E-state index contributed by atoms with van der Waals surface area (Å²) in [7, 11) is 1.45. The number of hydrogen-bond acceptors (Lipinski definition) is 7. The second kappa shape index (κ2) is 9.43. The minimum atomic E-state index is -1.12. The SMILES string of the molecule is COc1cc(F)c2nccc(NC(=O)[C@@]3(N)CCCCC3Cc3ccc4c(n3)NC(=O)CS4)c2c1. The Bertz CT molecular complexity index is 1320. The average Bonchev–Trinajstić information content (AvgIpc) is 2.85. The summed E-state index contributed by atoms with van der Waals surface area (Å²) in [5.74, 6) is 0.202. The van der Waals surface area contributed by atoms with Gasteiger partial charge in [0.2, 0.25) is 11.8 Å². The molecule has 1 unspecified atom stereocenters. The van der Waals surface area contributed by atoms with Crippen molar-refractivity contribution in [3.8, 4) is 5.75 Å². The van der Waals surface area contributed by atoms with Gasteiger partial charge in [-0.15, -0.1) is 11.8 Å². The van der Waals surface area contributed by atoms with E-state index in [9.17, 15) is 14.0 Å². The Kier molecular flexibility index (Phi) is 6.33. The van der Waals surface area contributed by atoms with Crippen molar-refractivity contribution in [3.63, 3.8) is 0 Å². The van der Waals surface area contributed by atoms with Gasteiger partial charge in [-0.25, -0.2) is 9.37 Å². The minimum Gasteiger partial charge on any atom is -0.497 e. The van der Waals surface area contributed by atoms with E-state index in [-0.39, 0.29) is 23.2 Å². The molecule has 2 aliphatic rings. The summed E-state index contributed by atoms with van der Waals surface area (Å²) in [6.45, 7) is 0. The molecule has 1 aliphatic heterocycles. The molecule has 0 bridgehead atoms. The third-order valence-electron chi connectivity index (χ3n) is 6.79. The Balaban J connectivity index is 1.41. The van der Waals surface area contributed by atoms with Crippen LogP contribution in [0.1, 0.15) is 31.4 Å². The molecule has 0 saturated heterocycles. The van der Waals surface area contributed by atoms with Crippen LogP contribution in [-0.4, -0.2) is 40.2 Å². The first-order valence-corrected chi connectivity index (χ1v) is 12.5. The number of nitrogens with one attached hydrogen (secondary N) is 2. The van der Waals surface area contributed by atoms with E-state index in [1.54, 1.807) is 12.1 Å². The Morgan fingerprint density at radius 1 is 1.34 bits per heavy atom. The Morgan fingerprint density at radius 3 is 3.03 bits per heavy atom. The molecule has 35 heavy (non-hydrogen) atoms. The lowest BCUT2D eigenvalue weighted by Gasteiger charge is -2.40. The number of carbonyl (C=O) groups excluding carboxylic acids is 2. The lowest BCUT2D eigenvalue weighted by molar-refractivity contribution is -0.124. The van der Waals surface area contributed by atoms with E-state index in [1.165, 1.54) is 31.1 Å². The molecule has 8 nitrogen and oxygen atoms in total.